The number of unbranched alkanes of at least 4 members (excludes halogenated alkanes) is 1. The predicted molar refractivity (Wildman–Crippen MR) is 101 cm³/mol. The highest BCUT2D eigenvalue weighted by atomic mass is 32.1. The first-order valence-corrected chi connectivity index (χ1v) is 9.38. The number of anilines is 1. The minimum absolute atomic E-state index is 0.0117. The van der Waals surface area contributed by atoms with Gasteiger partial charge in [-0.05, 0) is 31.5 Å². The van der Waals surface area contributed by atoms with Gasteiger partial charge in [-0.15, -0.1) is 0 Å². The van der Waals surface area contributed by atoms with Gasteiger partial charge in [-0.25, -0.2) is 0 Å². The molecule has 7 nitrogen and oxygen atoms in total. The SMILES string of the molecule is CCCCN1CCN(c2nc(=O)c3cc(C)cc([N+](=O)[O-])c3s2)CC1. The summed E-state index contributed by atoms with van der Waals surface area (Å²) in [6.07, 6.45) is 2.37. The summed E-state index contributed by atoms with van der Waals surface area (Å²) in [5.74, 6) is 0. The van der Waals surface area contributed by atoms with Crippen LogP contribution in [0.3, 0.4) is 0 Å². The van der Waals surface area contributed by atoms with E-state index in [1.54, 1.807) is 13.0 Å². The van der Waals surface area contributed by atoms with Crippen molar-refractivity contribution in [3.05, 3.63) is 38.2 Å². The molecule has 1 fully saturated rings. The molecule has 1 aliphatic heterocycles. The molecule has 0 unspecified atom stereocenters. The van der Waals surface area contributed by atoms with Crippen molar-refractivity contribution < 1.29 is 4.92 Å². The summed E-state index contributed by atoms with van der Waals surface area (Å²) in [7, 11) is 0. The normalized spacial score (nSPS) is 15.7. The molecule has 2 aromatic rings. The third-order valence-corrected chi connectivity index (χ3v) is 5.67. The molecule has 0 saturated carbocycles. The zero-order valence-corrected chi connectivity index (χ0v) is 15.3. The van der Waals surface area contributed by atoms with E-state index in [9.17, 15) is 14.9 Å². The van der Waals surface area contributed by atoms with Crippen molar-refractivity contribution in [2.75, 3.05) is 37.6 Å². The Morgan fingerprint density at radius 2 is 2.00 bits per heavy atom. The van der Waals surface area contributed by atoms with Crippen LogP contribution in [0.5, 0.6) is 0 Å². The molecule has 25 heavy (non-hydrogen) atoms. The molecule has 1 aromatic heterocycles. The lowest BCUT2D eigenvalue weighted by atomic mass is 10.1. The first-order valence-electron chi connectivity index (χ1n) is 8.56. The van der Waals surface area contributed by atoms with Crippen molar-refractivity contribution in [2.24, 2.45) is 0 Å². The fourth-order valence-electron chi connectivity index (χ4n) is 3.10. The number of aromatic nitrogens is 1. The van der Waals surface area contributed by atoms with Crippen molar-refractivity contribution in [1.29, 1.82) is 0 Å². The fourth-order valence-corrected chi connectivity index (χ4v) is 4.21. The minimum Gasteiger partial charge on any atom is -0.345 e. The number of hydrogen-bond acceptors (Lipinski definition) is 7. The number of nitro benzene ring substituents is 1. The zero-order valence-electron chi connectivity index (χ0n) is 14.5. The highest BCUT2D eigenvalue weighted by molar-refractivity contribution is 7.22. The van der Waals surface area contributed by atoms with Crippen molar-refractivity contribution >= 4 is 32.2 Å². The molecule has 0 radical (unpaired) electrons. The smallest absolute Gasteiger partial charge is 0.287 e. The number of piperazine rings is 1. The summed E-state index contributed by atoms with van der Waals surface area (Å²) < 4.78 is 0.416. The lowest BCUT2D eigenvalue weighted by Crippen LogP contribution is -2.47. The van der Waals surface area contributed by atoms with Crippen LogP contribution in [0.1, 0.15) is 25.3 Å². The maximum absolute atomic E-state index is 12.4. The average molecular weight is 362 g/mol. The number of fused-ring (bicyclic) bond motifs is 1. The number of nitrogens with zero attached hydrogens (tertiary/aromatic N) is 4. The molecule has 1 aromatic carbocycles. The third-order valence-electron chi connectivity index (χ3n) is 4.50. The Morgan fingerprint density at radius 1 is 1.28 bits per heavy atom. The molecule has 2 heterocycles. The van der Waals surface area contributed by atoms with Gasteiger partial charge in [0.25, 0.3) is 11.2 Å². The standard InChI is InChI=1S/C17H22N4O3S/c1-3-4-5-19-6-8-20(9-7-19)17-18-16(22)13-10-12(2)11-14(21(23)24)15(13)25-17/h10-11H,3-9H2,1-2H3. The van der Waals surface area contributed by atoms with Gasteiger partial charge in [0.05, 0.1) is 10.3 Å². The van der Waals surface area contributed by atoms with E-state index in [0.29, 0.717) is 20.8 Å². The summed E-state index contributed by atoms with van der Waals surface area (Å²) in [5, 5.41) is 12.3. The van der Waals surface area contributed by atoms with Crippen LogP contribution >= 0.6 is 11.3 Å². The molecule has 1 saturated heterocycles. The van der Waals surface area contributed by atoms with Gasteiger partial charge in [0.2, 0.25) is 0 Å². The Labute approximate surface area is 150 Å². The summed E-state index contributed by atoms with van der Waals surface area (Å²) >= 11 is 1.24. The lowest BCUT2D eigenvalue weighted by Gasteiger charge is -2.34. The van der Waals surface area contributed by atoms with E-state index in [2.05, 4.69) is 21.7 Å². The summed E-state index contributed by atoms with van der Waals surface area (Å²) in [4.78, 5) is 32.1. The number of non-ortho nitro benzene ring substituents is 1. The molecular weight excluding hydrogens is 340 g/mol. The van der Waals surface area contributed by atoms with Crippen molar-refractivity contribution in [2.45, 2.75) is 26.7 Å². The molecule has 0 spiro atoms. The molecule has 3 rings (SSSR count). The van der Waals surface area contributed by atoms with Crippen LogP contribution in [-0.4, -0.2) is 47.5 Å². The average Bonchev–Trinajstić information content (AvgIpc) is 2.60. The number of benzene rings is 1. The molecule has 0 amide bonds. The Hall–Kier alpha value is -2.06. The van der Waals surface area contributed by atoms with Crippen molar-refractivity contribution in [3.8, 4) is 0 Å². The van der Waals surface area contributed by atoms with Crippen LogP contribution in [0.2, 0.25) is 0 Å². The largest absolute Gasteiger partial charge is 0.345 e. The van der Waals surface area contributed by atoms with Gasteiger partial charge in [-0.3, -0.25) is 19.8 Å². The molecule has 134 valence electrons. The lowest BCUT2D eigenvalue weighted by molar-refractivity contribution is -0.382. The van der Waals surface area contributed by atoms with Crippen LogP contribution < -0.4 is 10.5 Å². The summed E-state index contributed by atoms with van der Waals surface area (Å²) in [6, 6.07) is 3.20. The fraction of sp³-hybridized carbons (Fsp3) is 0.529. The number of nitro groups is 1. The quantitative estimate of drug-likeness (QED) is 0.601. The van der Waals surface area contributed by atoms with Gasteiger partial charge in [0.1, 0.15) is 4.70 Å². The molecule has 1 aliphatic rings. The highest BCUT2D eigenvalue weighted by Gasteiger charge is 2.22. The van der Waals surface area contributed by atoms with E-state index in [1.807, 2.05) is 0 Å². The van der Waals surface area contributed by atoms with Crippen molar-refractivity contribution in [1.82, 2.24) is 9.88 Å². The van der Waals surface area contributed by atoms with Gasteiger partial charge in [-0.2, -0.15) is 4.98 Å². The number of rotatable bonds is 5. The van der Waals surface area contributed by atoms with Crippen LogP contribution in [-0.2, 0) is 0 Å². The molecule has 0 aliphatic carbocycles. The maximum Gasteiger partial charge on any atom is 0.287 e. The minimum atomic E-state index is -0.419. The van der Waals surface area contributed by atoms with Crippen molar-refractivity contribution in [3.63, 3.8) is 0 Å². The van der Waals surface area contributed by atoms with Gasteiger partial charge >= 0.3 is 0 Å². The molecular formula is C17H22N4O3S. The van der Waals surface area contributed by atoms with Crippen LogP contribution in [0.25, 0.3) is 10.1 Å². The van der Waals surface area contributed by atoms with Gasteiger partial charge < -0.3 is 4.90 Å². The maximum atomic E-state index is 12.4. The topological polar surface area (TPSA) is 79.6 Å². The van der Waals surface area contributed by atoms with Gasteiger partial charge in [0, 0.05) is 32.2 Å². The second-order valence-corrected chi connectivity index (χ2v) is 7.38. The summed E-state index contributed by atoms with van der Waals surface area (Å²) in [5.41, 5.74) is 0.300. The Kier molecular flexibility index (Phi) is 5.29. The zero-order chi connectivity index (χ0) is 18.0. The van der Waals surface area contributed by atoms with Crippen LogP contribution in [0.15, 0.2) is 16.9 Å². The molecule has 0 bridgehead atoms. The number of hydrogen-bond donors (Lipinski definition) is 0. The third kappa shape index (κ3) is 3.80. The van der Waals surface area contributed by atoms with E-state index in [4.69, 9.17) is 0 Å². The molecule has 8 heteroatoms. The Bertz CT molecular complexity index is 844. The Balaban J connectivity index is 1.91. The number of aryl methyl sites for hydroxylation is 1. The summed E-state index contributed by atoms with van der Waals surface area (Å²) in [6.45, 7) is 8.46. The van der Waals surface area contributed by atoms with E-state index in [0.717, 1.165) is 32.7 Å². The Morgan fingerprint density at radius 3 is 2.64 bits per heavy atom. The second-order valence-electron chi connectivity index (χ2n) is 6.40. The van der Waals surface area contributed by atoms with E-state index in [1.165, 1.54) is 30.2 Å². The van der Waals surface area contributed by atoms with Gasteiger partial charge in [0.15, 0.2) is 5.13 Å². The second kappa shape index (κ2) is 7.45. The monoisotopic (exact) mass is 362 g/mol. The van der Waals surface area contributed by atoms with E-state index < -0.39 is 4.92 Å². The molecule has 0 N–H and O–H groups in total. The molecule has 0 atom stereocenters. The predicted octanol–water partition coefficient (Wildman–Crippen LogP) is 2.80. The van der Waals surface area contributed by atoms with Crippen LogP contribution in [0, 0.1) is 17.0 Å². The van der Waals surface area contributed by atoms with Crippen LogP contribution in [0.4, 0.5) is 10.8 Å². The van der Waals surface area contributed by atoms with Gasteiger partial charge in [-0.1, -0.05) is 24.7 Å². The highest BCUT2D eigenvalue weighted by Crippen LogP contribution is 2.32. The van der Waals surface area contributed by atoms with E-state index >= 15 is 0 Å². The first kappa shape index (κ1) is 17.8. The first-order chi connectivity index (χ1) is 12.0. The van der Waals surface area contributed by atoms with E-state index in [-0.39, 0.29) is 11.2 Å².